The molecule has 0 saturated heterocycles. The monoisotopic (exact) mass is 302 g/mol. The van der Waals surface area contributed by atoms with Crippen molar-refractivity contribution in [1.82, 2.24) is 0 Å². The Kier molecular flexibility index (Phi) is 3.10. The molecule has 18 heavy (non-hydrogen) atoms. The largest absolute Gasteiger partial charge is 0.534 e. The lowest BCUT2D eigenvalue weighted by Crippen LogP contribution is -2.28. The molecule has 0 atom stereocenters. The van der Waals surface area contributed by atoms with Gasteiger partial charge in [-0.15, -0.1) is 0 Å². The van der Waals surface area contributed by atoms with Crippen molar-refractivity contribution >= 4 is 21.7 Å². The van der Waals surface area contributed by atoms with E-state index in [1.54, 1.807) is 0 Å². The predicted molar refractivity (Wildman–Crippen MR) is 56.3 cm³/mol. The Balaban J connectivity index is 2.38. The van der Waals surface area contributed by atoms with E-state index in [9.17, 15) is 21.6 Å². The molecule has 0 aromatic heterocycles. The zero-order valence-corrected chi connectivity index (χ0v) is 10.2. The van der Waals surface area contributed by atoms with Crippen LogP contribution in [-0.4, -0.2) is 20.5 Å². The molecule has 4 nitrogen and oxygen atoms in total. The van der Waals surface area contributed by atoms with Crippen LogP contribution in [0.2, 0.25) is 5.02 Å². The van der Waals surface area contributed by atoms with Crippen LogP contribution < -0.4 is 8.92 Å². The minimum atomic E-state index is -5.73. The van der Waals surface area contributed by atoms with Gasteiger partial charge in [0.1, 0.15) is 10.8 Å². The summed E-state index contributed by atoms with van der Waals surface area (Å²) in [6.45, 7) is 0.338. The van der Waals surface area contributed by atoms with E-state index < -0.39 is 21.4 Å². The lowest BCUT2D eigenvalue weighted by Gasteiger charge is -2.12. The van der Waals surface area contributed by atoms with Crippen LogP contribution in [0.15, 0.2) is 12.1 Å². The molecule has 0 bridgehead atoms. The third-order valence-electron chi connectivity index (χ3n) is 2.24. The summed E-state index contributed by atoms with van der Waals surface area (Å²) in [6, 6.07) is 2.48. The van der Waals surface area contributed by atoms with Crippen molar-refractivity contribution in [3.05, 3.63) is 22.7 Å². The summed E-state index contributed by atoms with van der Waals surface area (Å²) in [5.41, 5.74) is -4.81. The number of fused-ring (bicyclic) bond motifs is 1. The molecule has 0 saturated carbocycles. The fraction of sp³-hybridized carbons (Fsp3) is 0.333. The molecule has 0 amide bonds. The molecule has 0 N–H and O–H groups in total. The van der Waals surface area contributed by atoms with Gasteiger partial charge in [0.2, 0.25) is 0 Å². The van der Waals surface area contributed by atoms with Crippen LogP contribution in [0, 0.1) is 0 Å². The maximum absolute atomic E-state index is 12.1. The fourth-order valence-electron chi connectivity index (χ4n) is 1.42. The highest BCUT2D eigenvalue weighted by Crippen LogP contribution is 2.41. The summed E-state index contributed by atoms with van der Waals surface area (Å²) in [7, 11) is -5.73. The first-order valence-electron chi connectivity index (χ1n) is 4.67. The first-order chi connectivity index (χ1) is 8.22. The van der Waals surface area contributed by atoms with Crippen LogP contribution in [-0.2, 0) is 16.5 Å². The van der Waals surface area contributed by atoms with E-state index in [1.807, 2.05) is 0 Å². The molecule has 9 heteroatoms. The van der Waals surface area contributed by atoms with Crippen LogP contribution in [0.1, 0.15) is 5.56 Å². The van der Waals surface area contributed by atoms with E-state index in [1.165, 1.54) is 6.07 Å². The topological polar surface area (TPSA) is 52.6 Å². The minimum absolute atomic E-state index is 0.159. The van der Waals surface area contributed by atoms with Gasteiger partial charge in [0.25, 0.3) is 0 Å². The minimum Gasteiger partial charge on any atom is -0.491 e. The molecular formula is C9H6ClF3O4S. The normalized spacial score (nSPS) is 15.1. The second-order valence-corrected chi connectivity index (χ2v) is 5.36. The fourth-order valence-corrected chi connectivity index (χ4v) is 2.22. The maximum atomic E-state index is 12.1. The molecule has 1 aromatic carbocycles. The number of hydrogen-bond acceptors (Lipinski definition) is 4. The Hall–Kier alpha value is -1.15. The first-order valence-corrected chi connectivity index (χ1v) is 6.46. The smallest absolute Gasteiger partial charge is 0.491 e. The number of alkyl halides is 3. The average Bonchev–Trinajstić information content (AvgIpc) is 2.69. The molecule has 0 spiro atoms. The molecule has 2 rings (SSSR count). The molecule has 0 fully saturated rings. The Labute approximate surface area is 105 Å². The molecule has 1 heterocycles. The van der Waals surface area contributed by atoms with Crippen LogP contribution in [0.4, 0.5) is 13.2 Å². The number of halogens is 4. The lowest BCUT2D eigenvalue weighted by molar-refractivity contribution is -0.0500. The number of hydrogen-bond donors (Lipinski definition) is 0. The molecule has 1 aromatic rings. The molecule has 0 radical (unpaired) electrons. The molecule has 100 valence electrons. The lowest BCUT2D eigenvalue weighted by atomic mass is 10.2. The molecule has 0 unspecified atom stereocenters. The summed E-state index contributed by atoms with van der Waals surface area (Å²) in [5, 5.41) is -0.280. The van der Waals surface area contributed by atoms with Crippen molar-refractivity contribution in [2.24, 2.45) is 0 Å². The zero-order valence-electron chi connectivity index (χ0n) is 8.62. The highest BCUT2D eigenvalue weighted by atomic mass is 35.5. The van der Waals surface area contributed by atoms with Crippen LogP contribution in [0.5, 0.6) is 11.5 Å². The summed E-state index contributed by atoms with van der Waals surface area (Å²) in [5.74, 6) is -0.443. The highest BCUT2D eigenvalue weighted by molar-refractivity contribution is 7.88. The maximum Gasteiger partial charge on any atom is 0.534 e. The van der Waals surface area contributed by atoms with Gasteiger partial charge in [0.05, 0.1) is 6.61 Å². The molecule has 1 aliphatic rings. The molecular weight excluding hydrogens is 297 g/mol. The Morgan fingerprint density at radius 1 is 1.33 bits per heavy atom. The van der Waals surface area contributed by atoms with E-state index in [4.69, 9.17) is 16.3 Å². The van der Waals surface area contributed by atoms with Gasteiger partial charge in [-0.3, -0.25) is 0 Å². The van der Waals surface area contributed by atoms with Crippen molar-refractivity contribution in [2.75, 3.05) is 6.61 Å². The summed E-state index contributed by atoms with van der Waals surface area (Å²) < 4.78 is 67.1. The Morgan fingerprint density at radius 3 is 2.61 bits per heavy atom. The van der Waals surface area contributed by atoms with Gasteiger partial charge >= 0.3 is 15.6 Å². The van der Waals surface area contributed by atoms with Crippen molar-refractivity contribution in [1.29, 1.82) is 0 Å². The second kappa shape index (κ2) is 4.20. The third kappa shape index (κ3) is 2.22. The SMILES string of the molecule is O=S(=O)(Oc1ccc2c(c1Cl)OCC2)C(F)(F)F. The van der Waals surface area contributed by atoms with E-state index in [-0.39, 0.29) is 10.8 Å². The standard InChI is InChI=1S/C9H6ClF3O4S/c10-7-6(17-18(14,15)9(11,12)13)2-1-5-3-4-16-8(5)7/h1-2H,3-4H2. The van der Waals surface area contributed by atoms with E-state index in [0.717, 1.165) is 6.07 Å². The van der Waals surface area contributed by atoms with Gasteiger partial charge in [0.15, 0.2) is 5.75 Å². The van der Waals surface area contributed by atoms with Gasteiger partial charge < -0.3 is 8.92 Å². The summed E-state index contributed by atoms with van der Waals surface area (Å²) in [4.78, 5) is 0. The Bertz CT molecular complexity index is 582. The van der Waals surface area contributed by atoms with Gasteiger partial charge in [-0.1, -0.05) is 17.7 Å². The van der Waals surface area contributed by atoms with Crippen molar-refractivity contribution in [3.63, 3.8) is 0 Å². The average molecular weight is 303 g/mol. The first kappa shape index (κ1) is 13.3. The van der Waals surface area contributed by atoms with Crippen LogP contribution in [0.3, 0.4) is 0 Å². The molecule has 0 aliphatic carbocycles. The summed E-state index contributed by atoms with van der Waals surface area (Å²) >= 11 is 5.73. The predicted octanol–water partition coefficient (Wildman–Crippen LogP) is 2.50. The summed E-state index contributed by atoms with van der Waals surface area (Å²) in [6.07, 6.45) is 0.557. The number of benzene rings is 1. The van der Waals surface area contributed by atoms with Crippen LogP contribution >= 0.6 is 11.6 Å². The van der Waals surface area contributed by atoms with Gasteiger partial charge in [-0.2, -0.15) is 21.6 Å². The number of ether oxygens (including phenoxy) is 1. The highest BCUT2D eigenvalue weighted by Gasteiger charge is 2.49. The van der Waals surface area contributed by atoms with Gasteiger partial charge in [-0.05, 0) is 11.6 Å². The van der Waals surface area contributed by atoms with E-state index >= 15 is 0 Å². The van der Waals surface area contributed by atoms with Crippen molar-refractivity contribution in [3.8, 4) is 11.5 Å². The molecule has 1 aliphatic heterocycles. The quantitative estimate of drug-likeness (QED) is 0.622. The third-order valence-corrected chi connectivity index (χ3v) is 3.57. The zero-order chi connectivity index (χ0) is 13.6. The Morgan fingerprint density at radius 2 is 2.00 bits per heavy atom. The van der Waals surface area contributed by atoms with Crippen molar-refractivity contribution < 1.29 is 30.5 Å². The van der Waals surface area contributed by atoms with E-state index in [2.05, 4.69) is 4.18 Å². The van der Waals surface area contributed by atoms with Crippen molar-refractivity contribution in [2.45, 2.75) is 11.9 Å². The second-order valence-electron chi connectivity index (χ2n) is 3.45. The van der Waals surface area contributed by atoms with E-state index in [0.29, 0.717) is 18.6 Å². The van der Waals surface area contributed by atoms with Gasteiger partial charge in [0, 0.05) is 6.42 Å². The number of rotatable bonds is 2. The van der Waals surface area contributed by atoms with Crippen LogP contribution in [0.25, 0.3) is 0 Å². The van der Waals surface area contributed by atoms with Gasteiger partial charge in [-0.25, -0.2) is 0 Å².